The summed E-state index contributed by atoms with van der Waals surface area (Å²) in [5, 5.41) is 0. The van der Waals surface area contributed by atoms with Crippen molar-refractivity contribution >= 4 is 10.2 Å². The van der Waals surface area contributed by atoms with Gasteiger partial charge in [-0.1, -0.05) is 0 Å². The van der Waals surface area contributed by atoms with Gasteiger partial charge in [-0.3, -0.25) is 0 Å². The lowest BCUT2D eigenvalue weighted by Crippen LogP contribution is -2.39. The number of ether oxygens (including phenoxy) is 3. The molecule has 0 spiro atoms. The smallest absolute Gasteiger partial charge is 0.294 e. The standard InChI is InChI=1S/C10H20O3Si/c1-4-11-10(12-5-2,13-6-3)8-7-9-14/h4-6,8H2,1-3,14H3. The molecule has 0 radical (unpaired) electrons. The van der Waals surface area contributed by atoms with Crippen molar-refractivity contribution in [2.45, 2.75) is 33.2 Å². The van der Waals surface area contributed by atoms with Crippen molar-refractivity contribution in [3.05, 3.63) is 0 Å². The minimum absolute atomic E-state index is 0.478. The summed E-state index contributed by atoms with van der Waals surface area (Å²) in [6, 6.07) is 0. The summed E-state index contributed by atoms with van der Waals surface area (Å²) in [6.07, 6.45) is 0.478. The quantitative estimate of drug-likeness (QED) is 0.352. The summed E-state index contributed by atoms with van der Waals surface area (Å²) >= 11 is 0. The molecule has 0 aromatic carbocycles. The molecule has 0 saturated heterocycles. The van der Waals surface area contributed by atoms with Crippen molar-refractivity contribution in [2.75, 3.05) is 19.8 Å². The van der Waals surface area contributed by atoms with E-state index in [1.54, 1.807) is 0 Å². The third-order valence-corrected chi connectivity index (χ3v) is 1.93. The maximum Gasteiger partial charge on any atom is 0.294 e. The average Bonchev–Trinajstić information content (AvgIpc) is 2.16. The topological polar surface area (TPSA) is 27.7 Å². The Labute approximate surface area is 89.5 Å². The lowest BCUT2D eigenvalue weighted by atomic mass is 10.3. The van der Waals surface area contributed by atoms with E-state index < -0.39 is 5.97 Å². The molecule has 3 nitrogen and oxygen atoms in total. The summed E-state index contributed by atoms with van der Waals surface area (Å²) in [5.74, 6) is 2.03. The van der Waals surface area contributed by atoms with Crippen molar-refractivity contribution in [1.29, 1.82) is 0 Å². The van der Waals surface area contributed by atoms with E-state index in [1.807, 2.05) is 20.8 Å². The summed E-state index contributed by atoms with van der Waals surface area (Å²) in [5.41, 5.74) is 2.95. The van der Waals surface area contributed by atoms with Gasteiger partial charge in [-0.05, 0) is 20.8 Å². The maximum atomic E-state index is 5.48. The van der Waals surface area contributed by atoms with Crippen LogP contribution in [0.2, 0.25) is 0 Å². The summed E-state index contributed by atoms with van der Waals surface area (Å²) in [6.45, 7) is 7.43. The summed E-state index contributed by atoms with van der Waals surface area (Å²) in [4.78, 5) is 0. The molecule has 0 aliphatic heterocycles. The van der Waals surface area contributed by atoms with Crippen LogP contribution in [0.4, 0.5) is 0 Å². The van der Waals surface area contributed by atoms with Crippen LogP contribution < -0.4 is 0 Å². The average molecular weight is 216 g/mol. The van der Waals surface area contributed by atoms with Gasteiger partial charge in [-0.25, -0.2) is 0 Å². The molecular formula is C10H20O3Si. The van der Waals surface area contributed by atoms with Crippen LogP contribution in [0.3, 0.4) is 0 Å². The Bertz CT molecular complexity index is 178. The van der Waals surface area contributed by atoms with E-state index >= 15 is 0 Å². The van der Waals surface area contributed by atoms with E-state index in [0.717, 1.165) is 10.2 Å². The first kappa shape index (κ1) is 13.7. The monoisotopic (exact) mass is 216 g/mol. The van der Waals surface area contributed by atoms with Crippen LogP contribution in [0.5, 0.6) is 0 Å². The van der Waals surface area contributed by atoms with Crippen molar-refractivity contribution < 1.29 is 14.2 Å². The number of rotatable bonds is 7. The van der Waals surface area contributed by atoms with E-state index in [1.165, 1.54) is 0 Å². The molecule has 0 bridgehead atoms. The van der Waals surface area contributed by atoms with Crippen LogP contribution in [0.1, 0.15) is 27.2 Å². The van der Waals surface area contributed by atoms with Crippen molar-refractivity contribution in [1.82, 2.24) is 0 Å². The molecule has 0 saturated carbocycles. The third kappa shape index (κ3) is 4.77. The first-order chi connectivity index (χ1) is 6.74. The predicted molar refractivity (Wildman–Crippen MR) is 59.9 cm³/mol. The normalized spacial score (nSPS) is 11.1. The molecule has 0 heterocycles. The summed E-state index contributed by atoms with van der Waals surface area (Å²) in [7, 11) is 0.867. The minimum atomic E-state index is -0.949. The van der Waals surface area contributed by atoms with Gasteiger partial charge in [0.15, 0.2) is 0 Å². The van der Waals surface area contributed by atoms with Crippen LogP contribution >= 0.6 is 0 Å². The lowest BCUT2D eigenvalue weighted by molar-refractivity contribution is -0.373. The highest BCUT2D eigenvalue weighted by Crippen LogP contribution is 2.19. The Balaban J connectivity index is 4.42. The second-order valence-corrected chi connectivity index (χ2v) is 3.09. The highest BCUT2D eigenvalue weighted by Gasteiger charge is 2.31. The molecule has 0 aromatic rings. The largest absolute Gasteiger partial charge is 0.327 e. The fourth-order valence-corrected chi connectivity index (χ4v) is 1.31. The Hall–Kier alpha value is -0.343. The SMILES string of the molecule is CCOC(CC#C[SiH3])(OCC)OCC. The van der Waals surface area contributed by atoms with Gasteiger partial charge in [-0.15, -0.1) is 11.5 Å². The second kappa shape index (κ2) is 8.01. The van der Waals surface area contributed by atoms with Gasteiger partial charge in [0.25, 0.3) is 5.97 Å². The van der Waals surface area contributed by atoms with Gasteiger partial charge in [-0.2, -0.15) is 0 Å². The molecule has 4 heteroatoms. The van der Waals surface area contributed by atoms with Gasteiger partial charge in [0.2, 0.25) is 0 Å². The zero-order chi connectivity index (χ0) is 10.9. The highest BCUT2D eigenvalue weighted by molar-refractivity contribution is 6.22. The Morgan fingerprint density at radius 3 is 1.71 bits per heavy atom. The van der Waals surface area contributed by atoms with Crippen molar-refractivity contribution in [3.8, 4) is 11.5 Å². The number of hydrogen-bond acceptors (Lipinski definition) is 3. The molecule has 0 unspecified atom stereocenters. The van der Waals surface area contributed by atoms with Crippen LogP contribution in [0.25, 0.3) is 0 Å². The molecular weight excluding hydrogens is 196 g/mol. The molecule has 14 heavy (non-hydrogen) atoms. The Morgan fingerprint density at radius 1 is 1.00 bits per heavy atom. The van der Waals surface area contributed by atoms with E-state index in [9.17, 15) is 0 Å². The van der Waals surface area contributed by atoms with E-state index in [2.05, 4.69) is 11.5 Å². The highest BCUT2D eigenvalue weighted by atomic mass is 28.1. The van der Waals surface area contributed by atoms with E-state index in [0.29, 0.717) is 26.2 Å². The van der Waals surface area contributed by atoms with Crippen LogP contribution in [0, 0.1) is 11.5 Å². The predicted octanol–water partition coefficient (Wildman–Crippen LogP) is 0.466. The fourth-order valence-electron chi connectivity index (χ4n) is 1.13. The van der Waals surface area contributed by atoms with Gasteiger partial charge in [0, 0.05) is 19.8 Å². The zero-order valence-electron chi connectivity index (χ0n) is 9.55. The molecule has 0 aromatic heterocycles. The third-order valence-electron chi connectivity index (χ3n) is 1.57. The maximum absolute atomic E-state index is 5.48. The van der Waals surface area contributed by atoms with Crippen molar-refractivity contribution in [3.63, 3.8) is 0 Å². The molecule has 0 aliphatic carbocycles. The molecule has 0 N–H and O–H groups in total. The minimum Gasteiger partial charge on any atom is -0.327 e. The second-order valence-electron chi connectivity index (χ2n) is 2.59. The first-order valence-electron chi connectivity index (χ1n) is 5.06. The van der Waals surface area contributed by atoms with Crippen LogP contribution in [-0.2, 0) is 14.2 Å². The molecule has 82 valence electrons. The summed E-state index contributed by atoms with van der Waals surface area (Å²) < 4.78 is 16.4. The van der Waals surface area contributed by atoms with Gasteiger partial charge < -0.3 is 14.2 Å². The fraction of sp³-hybridized carbons (Fsp3) is 0.800. The molecule has 0 rings (SSSR count). The van der Waals surface area contributed by atoms with Crippen LogP contribution in [-0.4, -0.2) is 36.0 Å². The van der Waals surface area contributed by atoms with E-state index in [4.69, 9.17) is 14.2 Å². The zero-order valence-corrected chi connectivity index (χ0v) is 11.6. The number of hydrogen-bond donors (Lipinski definition) is 0. The van der Waals surface area contributed by atoms with Gasteiger partial charge >= 0.3 is 0 Å². The molecule has 0 amide bonds. The Morgan fingerprint density at radius 2 is 1.43 bits per heavy atom. The van der Waals surface area contributed by atoms with E-state index in [-0.39, 0.29) is 0 Å². The van der Waals surface area contributed by atoms with Crippen LogP contribution in [0.15, 0.2) is 0 Å². The lowest BCUT2D eigenvalue weighted by Gasteiger charge is -2.30. The Kier molecular flexibility index (Phi) is 7.81. The van der Waals surface area contributed by atoms with Gasteiger partial charge in [0.1, 0.15) is 0 Å². The first-order valence-corrected chi connectivity index (χ1v) is 6.06. The molecule has 0 atom stereocenters. The van der Waals surface area contributed by atoms with Gasteiger partial charge in [0.05, 0.1) is 16.7 Å². The van der Waals surface area contributed by atoms with Crippen molar-refractivity contribution in [2.24, 2.45) is 0 Å². The molecule has 0 aliphatic rings. The molecule has 0 fully saturated rings.